The van der Waals surface area contributed by atoms with Gasteiger partial charge in [0.1, 0.15) is 16.8 Å². The lowest BCUT2D eigenvalue weighted by atomic mass is 9.96. The second kappa shape index (κ2) is 5.04. The van der Waals surface area contributed by atoms with Crippen molar-refractivity contribution in [2.24, 2.45) is 5.92 Å². The highest BCUT2D eigenvalue weighted by Crippen LogP contribution is 2.39. The predicted molar refractivity (Wildman–Crippen MR) is 74.2 cm³/mol. The van der Waals surface area contributed by atoms with Gasteiger partial charge in [0.05, 0.1) is 0 Å². The molecule has 1 unspecified atom stereocenters. The predicted octanol–water partition coefficient (Wildman–Crippen LogP) is 3.63. The number of aromatic nitrogens is 2. The van der Waals surface area contributed by atoms with Gasteiger partial charge in [-0.05, 0) is 31.6 Å². The summed E-state index contributed by atoms with van der Waals surface area (Å²) in [5.41, 5.74) is 0. The molecule has 1 aromatic rings. The van der Waals surface area contributed by atoms with Gasteiger partial charge in [0, 0.05) is 25.1 Å². The van der Waals surface area contributed by atoms with E-state index in [0.29, 0.717) is 11.1 Å². The minimum absolute atomic E-state index is 0.564. The lowest BCUT2D eigenvalue weighted by Crippen LogP contribution is -2.35. The van der Waals surface area contributed by atoms with Crippen molar-refractivity contribution >= 4 is 17.4 Å². The third-order valence-corrected chi connectivity index (χ3v) is 4.26. The maximum absolute atomic E-state index is 6.13. The molecule has 1 aliphatic carbocycles. The summed E-state index contributed by atoms with van der Waals surface area (Å²) in [7, 11) is 0. The van der Waals surface area contributed by atoms with E-state index in [4.69, 9.17) is 16.6 Å². The fourth-order valence-corrected chi connectivity index (χ4v) is 2.90. The van der Waals surface area contributed by atoms with E-state index in [1.807, 2.05) is 6.07 Å². The zero-order valence-corrected chi connectivity index (χ0v) is 11.7. The lowest BCUT2D eigenvalue weighted by Gasteiger charge is -2.33. The van der Waals surface area contributed by atoms with Crippen LogP contribution in [0.3, 0.4) is 0 Å². The first-order valence-electron chi connectivity index (χ1n) is 7.05. The highest BCUT2D eigenvalue weighted by Gasteiger charge is 2.28. The fourth-order valence-electron chi connectivity index (χ4n) is 2.72. The second-order valence-corrected chi connectivity index (χ2v) is 5.93. The average Bonchev–Trinajstić information content (AvgIpc) is 3.22. The molecule has 1 atom stereocenters. The zero-order valence-electron chi connectivity index (χ0n) is 10.9. The van der Waals surface area contributed by atoms with Crippen LogP contribution >= 0.6 is 11.6 Å². The van der Waals surface area contributed by atoms with Crippen molar-refractivity contribution in [3.63, 3.8) is 0 Å². The van der Waals surface area contributed by atoms with Crippen molar-refractivity contribution in [3.05, 3.63) is 17.0 Å². The van der Waals surface area contributed by atoms with Gasteiger partial charge in [-0.15, -0.1) is 0 Å². The van der Waals surface area contributed by atoms with Crippen LogP contribution in [0, 0.1) is 5.92 Å². The summed E-state index contributed by atoms with van der Waals surface area (Å²) in [5, 5.41) is 0.598. The number of hydrogen-bond acceptors (Lipinski definition) is 3. The first-order chi connectivity index (χ1) is 8.76. The van der Waals surface area contributed by atoms with Crippen LogP contribution in [0.5, 0.6) is 0 Å². The maximum Gasteiger partial charge on any atom is 0.135 e. The summed E-state index contributed by atoms with van der Waals surface area (Å²) in [4.78, 5) is 11.5. The van der Waals surface area contributed by atoms with E-state index in [-0.39, 0.29) is 0 Å². The molecular formula is C14H20ClN3. The smallest absolute Gasteiger partial charge is 0.135 e. The van der Waals surface area contributed by atoms with Gasteiger partial charge in [0.25, 0.3) is 0 Å². The van der Waals surface area contributed by atoms with E-state index < -0.39 is 0 Å². The molecule has 2 heterocycles. The number of hydrogen-bond donors (Lipinski definition) is 0. The van der Waals surface area contributed by atoms with Crippen LogP contribution < -0.4 is 4.90 Å². The third-order valence-electron chi connectivity index (χ3n) is 4.06. The lowest BCUT2D eigenvalue weighted by molar-refractivity contribution is 0.402. The standard InChI is InChI=1S/C14H20ClN3/c1-2-10-4-3-7-18(9-10)13-8-12(15)16-14(17-13)11-5-6-11/h8,10-11H,2-7,9H2,1H3. The molecule has 0 amide bonds. The third kappa shape index (κ3) is 2.61. The van der Waals surface area contributed by atoms with Gasteiger partial charge in [-0.2, -0.15) is 0 Å². The van der Waals surface area contributed by atoms with Gasteiger partial charge in [-0.3, -0.25) is 0 Å². The van der Waals surface area contributed by atoms with Crippen molar-refractivity contribution in [3.8, 4) is 0 Å². The normalized spacial score (nSPS) is 24.3. The highest BCUT2D eigenvalue weighted by atomic mass is 35.5. The SMILES string of the molecule is CCC1CCCN(c2cc(Cl)nc(C3CC3)n2)C1. The summed E-state index contributed by atoms with van der Waals surface area (Å²) in [6.07, 6.45) is 6.31. The van der Waals surface area contributed by atoms with Gasteiger partial charge in [-0.25, -0.2) is 9.97 Å². The van der Waals surface area contributed by atoms with Crippen molar-refractivity contribution in [2.45, 2.75) is 44.9 Å². The number of piperidine rings is 1. The number of halogens is 1. The van der Waals surface area contributed by atoms with Crippen molar-refractivity contribution < 1.29 is 0 Å². The van der Waals surface area contributed by atoms with E-state index in [2.05, 4.69) is 16.8 Å². The van der Waals surface area contributed by atoms with Crippen LogP contribution in [0.15, 0.2) is 6.07 Å². The molecule has 3 nitrogen and oxygen atoms in total. The summed E-state index contributed by atoms with van der Waals surface area (Å²) < 4.78 is 0. The Labute approximate surface area is 114 Å². The second-order valence-electron chi connectivity index (χ2n) is 5.54. The van der Waals surface area contributed by atoms with E-state index in [1.54, 1.807) is 0 Å². The molecule has 2 aliphatic rings. The molecule has 0 aromatic carbocycles. The molecule has 1 saturated heterocycles. The molecule has 1 aromatic heterocycles. The number of rotatable bonds is 3. The highest BCUT2D eigenvalue weighted by molar-refractivity contribution is 6.29. The number of anilines is 1. The monoisotopic (exact) mass is 265 g/mol. The minimum Gasteiger partial charge on any atom is -0.356 e. The maximum atomic E-state index is 6.13. The van der Waals surface area contributed by atoms with Crippen LogP contribution in [-0.2, 0) is 0 Å². The molecule has 4 heteroatoms. The molecule has 1 saturated carbocycles. The van der Waals surface area contributed by atoms with E-state index in [9.17, 15) is 0 Å². The van der Waals surface area contributed by atoms with Crippen molar-refractivity contribution in [1.29, 1.82) is 0 Å². The van der Waals surface area contributed by atoms with E-state index in [0.717, 1.165) is 30.6 Å². The van der Waals surface area contributed by atoms with Crippen LogP contribution in [0.1, 0.15) is 50.8 Å². The van der Waals surface area contributed by atoms with E-state index in [1.165, 1.54) is 32.1 Å². The molecule has 98 valence electrons. The molecule has 0 N–H and O–H groups in total. The molecule has 3 rings (SSSR count). The van der Waals surface area contributed by atoms with Gasteiger partial charge in [0.2, 0.25) is 0 Å². The van der Waals surface area contributed by atoms with Gasteiger partial charge < -0.3 is 4.90 Å². The molecule has 1 aliphatic heterocycles. The summed E-state index contributed by atoms with van der Waals surface area (Å²) >= 11 is 6.13. The summed E-state index contributed by atoms with van der Waals surface area (Å²) in [6, 6.07) is 1.92. The molecular weight excluding hydrogens is 246 g/mol. The topological polar surface area (TPSA) is 29.0 Å². The van der Waals surface area contributed by atoms with Crippen molar-refractivity contribution in [1.82, 2.24) is 9.97 Å². The summed E-state index contributed by atoms with van der Waals surface area (Å²) in [6.45, 7) is 4.50. The van der Waals surface area contributed by atoms with Gasteiger partial charge in [-0.1, -0.05) is 24.9 Å². The van der Waals surface area contributed by atoms with E-state index >= 15 is 0 Å². The Morgan fingerprint density at radius 3 is 2.89 bits per heavy atom. The van der Waals surface area contributed by atoms with Gasteiger partial charge in [0.15, 0.2) is 0 Å². The van der Waals surface area contributed by atoms with Crippen LogP contribution in [0.2, 0.25) is 5.15 Å². The van der Waals surface area contributed by atoms with Crippen LogP contribution in [-0.4, -0.2) is 23.1 Å². The Balaban J connectivity index is 1.81. The summed E-state index contributed by atoms with van der Waals surface area (Å²) in [5.74, 6) is 3.36. The first kappa shape index (κ1) is 12.2. The Morgan fingerprint density at radius 1 is 1.33 bits per heavy atom. The Morgan fingerprint density at radius 2 is 2.17 bits per heavy atom. The zero-order chi connectivity index (χ0) is 12.5. The Kier molecular flexibility index (Phi) is 3.42. The molecule has 18 heavy (non-hydrogen) atoms. The van der Waals surface area contributed by atoms with Crippen LogP contribution in [0.25, 0.3) is 0 Å². The average molecular weight is 266 g/mol. The molecule has 0 radical (unpaired) electrons. The largest absolute Gasteiger partial charge is 0.356 e. The molecule has 0 bridgehead atoms. The first-order valence-corrected chi connectivity index (χ1v) is 7.43. The Bertz CT molecular complexity index is 431. The van der Waals surface area contributed by atoms with Gasteiger partial charge >= 0.3 is 0 Å². The van der Waals surface area contributed by atoms with Crippen molar-refractivity contribution in [2.75, 3.05) is 18.0 Å². The molecule has 2 fully saturated rings. The fraction of sp³-hybridized carbons (Fsp3) is 0.714. The van der Waals surface area contributed by atoms with Crippen LogP contribution in [0.4, 0.5) is 5.82 Å². The molecule has 0 spiro atoms. The number of nitrogens with zero attached hydrogens (tertiary/aromatic N) is 3. The quantitative estimate of drug-likeness (QED) is 0.782. The Hall–Kier alpha value is -0.830. The minimum atomic E-state index is 0.564.